The van der Waals surface area contributed by atoms with E-state index >= 15 is 0 Å². The molecule has 3 aliphatic carbocycles. The molecule has 1 aliphatic heterocycles. The van der Waals surface area contributed by atoms with Crippen LogP contribution in [0.3, 0.4) is 0 Å². The summed E-state index contributed by atoms with van der Waals surface area (Å²) in [6, 6.07) is 1.64. The first-order chi connectivity index (χ1) is 11.7. The van der Waals surface area contributed by atoms with Crippen LogP contribution >= 0.6 is 0 Å². The molecule has 1 saturated heterocycles. The Hall–Kier alpha value is -2.25. The van der Waals surface area contributed by atoms with E-state index in [1.165, 1.54) is 0 Å². The number of hydrogen-bond acceptors (Lipinski definition) is 3. The molecule has 25 heavy (non-hydrogen) atoms. The largest absolute Gasteiger partial charge is 0.416 e. The number of Topliss-reactive ketones (excluding diaryl/α,β-unsaturated/α-hetero) is 1. The molecule has 0 unspecified atom stereocenters. The zero-order chi connectivity index (χ0) is 18.1. The summed E-state index contributed by atoms with van der Waals surface area (Å²) in [5.41, 5.74) is -1.83. The summed E-state index contributed by atoms with van der Waals surface area (Å²) >= 11 is 0. The highest BCUT2D eigenvalue weighted by Crippen LogP contribution is 2.52. The summed E-state index contributed by atoms with van der Waals surface area (Å²) < 4.78 is 52.9. The number of alkyl halides is 3. The lowest BCUT2D eigenvalue weighted by atomic mass is 9.59. The molecule has 0 spiro atoms. The van der Waals surface area contributed by atoms with Gasteiger partial charge < -0.3 is 0 Å². The van der Waals surface area contributed by atoms with Crippen molar-refractivity contribution in [2.75, 3.05) is 4.90 Å². The van der Waals surface area contributed by atoms with Crippen molar-refractivity contribution in [2.45, 2.75) is 25.4 Å². The van der Waals surface area contributed by atoms with Crippen LogP contribution in [0.15, 0.2) is 18.2 Å². The summed E-state index contributed by atoms with van der Waals surface area (Å²) in [5.74, 6) is -5.13. The number of amides is 2. The second kappa shape index (κ2) is 5.12. The standard InChI is InChI=1S/C17H13F4NO3/c18-10-4-2-8(17(19,20)21)6-11(10)22-15(24)13-7-1-3-9(12(23)5-7)14(13)16(22)25/h2,4,6-7,9,13-14H,1,3,5H2/t7-,9+,13+,14-/m0/s1. The van der Waals surface area contributed by atoms with Gasteiger partial charge in [-0.1, -0.05) is 0 Å². The molecular weight excluding hydrogens is 342 g/mol. The molecule has 8 heteroatoms. The SMILES string of the molecule is O=C1C[C@@H]2CC[C@H]1[C@@H]1C(=O)N(c3cc(C(F)(F)F)ccc3F)C(=O)[C@H]21. The number of halogens is 4. The van der Waals surface area contributed by atoms with Crippen molar-refractivity contribution < 1.29 is 31.9 Å². The average molecular weight is 355 g/mol. The van der Waals surface area contributed by atoms with E-state index in [0.717, 1.165) is 0 Å². The van der Waals surface area contributed by atoms with Gasteiger partial charge in [0.15, 0.2) is 0 Å². The zero-order valence-electron chi connectivity index (χ0n) is 12.8. The molecule has 1 heterocycles. The molecular formula is C17H13F4NO3. The zero-order valence-corrected chi connectivity index (χ0v) is 12.8. The highest BCUT2D eigenvalue weighted by atomic mass is 19.4. The Kier molecular flexibility index (Phi) is 3.33. The fraction of sp³-hybridized carbons (Fsp3) is 0.471. The number of imide groups is 1. The summed E-state index contributed by atoms with van der Waals surface area (Å²) in [6.45, 7) is 0. The lowest BCUT2D eigenvalue weighted by Gasteiger charge is -2.41. The number of anilines is 1. The van der Waals surface area contributed by atoms with Crippen LogP contribution in [-0.2, 0) is 20.6 Å². The Balaban J connectivity index is 1.79. The molecule has 3 saturated carbocycles. The lowest BCUT2D eigenvalue weighted by Crippen LogP contribution is -2.46. The minimum absolute atomic E-state index is 0.0926. The van der Waals surface area contributed by atoms with Crippen molar-refractivity contribution in [3.05, 3.63) is 29.6 Å². The van der Waals surface area contributed by atoms with Crippen molar-refractivity contribution in [1.82, 2.24) is 0 Å². The maximum Gasteiger partial charge on any atom is 0.416 e. The monoisotopic (exact) mass is 355 g/mol. The number of benzene rings is 1. The van der Waals surface area contributed by atoms with Crippen LogP contribution in [0.4, 0.5) is 23.2 Å². The summed E-state index contributed by atoms with van der Waals surface area (Å²) in [4.78, 5) is 38.0. The summed E-state index contributed by atoms with van der Waals surface area (Å²) in [7, 11) is 0. The number of carbonyl (C=O) groups is 3. The third-order valence-corrected chi connectivity index (χ3v) is 5.58. The van der Waals surface area contributed by atoms with Gasteiger partial charge in [0.2, 0.25) is 11.8 Å². The van der Waals surface area contributed by atoms with Crippen LogP contribution in [0.5, 0.6) is 0 Å². The van der Waals surface area contributed by atoms with Crippen LogP contribution in [0.25, 0.3) is 0 Å². The first-order valence-corrected chi connectivity index (χ1v) is 7.97. The Morgan fingerprint density at radius 3 is 2.32 bits per heavy atom. The molecule has 4 aliphatic rings. The number of ketones is 1. The maximum atomic E-state index is 14.1. The number of hydrogen-bond donors (Lipinski definition) is 0. The lowest BCUT2D eigenvalue weighted by molar-refractivity contribution is -0.143. The van der Waals surface area contributed by atoms with E-state index in [-0.39, 0.29) is 18.1 Å². The molecule has 132 valence electrons. The first-order valence-electron chi connectivity index (χ1n) is 7.97. The smallest absolute Gasteiger partial charge is 0.299 e. The molecule has 4 fully saturated rings. The van der Waals surface area contributed by atoms with E-state index in [0.29, 0.717) is 35.9 Å². The Morgan fingerprint density at radius 2 is 1.68 bits per heavy atom. The molecule has 0 radical (unpaired) electrons. The third kappa shape index (κ3) is 2.22. The van der Waals surface area contributed by atoms with Gasteiger partial charge in [0.1, 0.15) is 11.6 Å². The van der Waals surface area contributed by atoms with Crippen molar-refractivity contribution in [2.24, 2.45) is 23.7 Å². The molecule has 0 N–H and O–H groups in total. The summed E-state index contributed by atoms with van der Waals surface area (Å²) in [6.07, 6.45) is -3.42. The highest BCUT2D eigenvalue weighted by Gasteiger charge is 2.61. The van der Waals surface area contributed by atoms with Crippen molar-refractivity contribution in [1.29, 1.82) is 0 Å². The molecule has 2 bridgehead atoms. The molecule has 2 amide bonds. The molecule has 4 nitrogen and oxygen atoms in total. The second-order valence-corrected chi connectivity index (χ2v) is 6.84. The number of nitrogens with zero attached hydrogens (tertiary/aromatic N) is 1. The van der Waals surface area contributed by atoms with Crippen LogP contribution in [0.2, 0.25) is 0 Å². The van der Waals surface area contributed by atoms with E-state index < -0.39 is 52.8 Å². The predicted octanol–water partition coefficient (Wildman–Crippen LogP) is 2.95. The molecule has 0 aromatic heterocycles. The minimum atomic E-state index is -4.73. The average Bonchev–Trinajstić information content (AvgIpc) is 2.81. The first kappa shape index (κ1) is 16.2. The second-order valence-electron chi connectivity index (χ2n) is 6.84. The van der Waals surface area contributed by atoms with Gasteiger partial charge in [-0.25, -0.2) is 9.29 Å². The molecule has 5 rings (SSSR count). The quantitative estimate of drug-likeness (QED) is 0.575. The van der Waals surface area contributed by atoms with Crippen LogP contribution in [-0.4, -0.2) is 17.6 Å². The van der Waals surface area contributed by atoms with Crippen molar-refractivity contribution in [3.8, 4) is 0 Å². The maximum absolute atomic E-state index is 14.1. The van der Waals surface area contributed by atoms with E-state index in [4.69, 9.17) is 0 Å². The number of fused-ring (bicyclic) bond motifs is 2. The molecule has 4 atom stereocenters. The Bertz CT molecular complexity index is 804. The fourth-order valence-electron chi connectivity index (χ4n) is 4.48. The van der Waals surface area contributed by atoms with Gasteiger partial charge in [0, 0.05) is 12.3 Å². The van der Waals surface area contributed by atoms with Gasteiger partial charge in [-0.3, -0.25) is 14.4 Å². The van der Waals surface area contributed by atoms with Gasteiger partial charge in [-0.2, -0.15) is 13.2 Å². The number of carbonyl (C=O) groups excluding carboxylic acids is 3. The van der Waals surface area contributed by atoms with E-state index in [1.807, 2.05) is 0 Å². The van der Waals surface area contributed by atoms with Gasteiger partial charge >= 0.3 is 6.18 Å². The third-order valence-electron chi connectivity index (χ3n) is 5.58. The Labute approximate surface area is 139 Å². The Morgan fingerprint density at radius 1 is 1.00 bits per heavy atom. The van der Waals surface area contributed by atoms with Crippen molar-refractivity contribution in [3.63, 3.8) is 0 Å². The fourth-order valence-corrected chi connectivity index (χ4v) is 4.48. The summed E-state index contributed by atoms with van der Waals surface area (Å²) in [5, 5.41) is 0. The molecule has 1 aromatic rings. The van der Waals surface area contributed by atoms with E-state index in [2.05, 4.69) is 0 Å². The highest BCUT2D eigenvalue weighted by molar-refractivity contribution is 6.23. The normalized spacial score (nSPS) is 31.7. The molecule has 1 aromatic carbocycles. The van der Waals surface area contributed by atoms with Gasteiger partial charge in [-0.15, -0.1) is 0 Å². The van der Waals surface area contributed by atoms with Gasteiger partial charge in [0.05, 0.1) is 23.1 Å². The van der Waals surface area contributed by atoms with Crippen molar-refractivity contribution >= 4 is 23.3 Å². The van der Waals surface area contributed by atoms with Crippen LogP contribution < -0.4 is 4.90 Å². The predicted molar refractivity (Wildman–Crippen MR) is 76.7 cm³/mol. The van der Waals surface area contributed by atoms with E-state index in [9.17, 15) is 31.9 Å². The minimum Gasteiger partial charge on any atom is -0.299 e. The van der Waals surface area contributed by atoms with Gasteiger partial charge in [-0.05, 0) is 37.0 Å². The van der Waals surface area contributed by atoms with E-state index in [1.54, 1.807) is 0 Å². The van der Waals surface area contributed by atoms with Crippen LogP contribution in [0.1, 0.15) is 24.8 Å². The topological polar surface area (TPSA) is 54.5 Å². The number of rotatable bonds is 1. The van der Waals surface area contributed by atoms with Gasteiger partial charge in [0.25, 0.3) is 0 Å². The van der Waals surface area contributed by atoms with Crippen LogP contribution in [0, 0.1) is 29.5 Å².